The average molecular weight is 424 g/mol. The van der Waals surface area contributed by atoms with Crippen LogP contribution in [0.1, 0.15) is 0 Å². The first-order chi connectivity index (χ1) is 13.8. The lowest BCUT2D eigenvalue weighted by Gasteiger charge is -2.18. The van der Waals surface area contributed by atoms with E-state index in [-0.39, 0.29) is 10.6 Å². The van der Waals surface area contributed by atoms with Gasteiger partial charge in [-0.3, -0.25) is 4.79 Å². The van der Waals surface area contributed by atoms with E-state index in [1.165, 1.54) is 53.7 Å². The maximum Gasteiger partial charge on any atom is 0.243 e. The van der Waals surface area contributed by atoms with Crippen LogP contribution in [0.25, 0.3) is 0 Å². The van der Waals surface area contributed by atoms with Gasteiger partial charge in [0.25, 0.3) is 0 Å². The average Bonchev–Trinajstić information content (AvgIpc) is 2.73. The summed E-state index contributed by atoms with van der Waals surface area (Å²) in [5.74, 6) is 1.10. The highest BCUT2D eigenvalue weighted by Crippen LogP contribution is 2.31. The van der Waals surface area contributed by atoms with Crippen molar-refractivity contribution in [2.24, 2.45) is 0 Å². The van der Waals surface area contributed by atoms with Crippen LogP contribution in [0.2, 0.25) is 0 Å². The number of hydrogen-bond acceptors (Lipinski definition) is 7. The summed E-state index contributed by atoms with van der Waals surface area (Å²) >= 11 is 0. The third-order valence-electron chi connectivity index (χ3n) is 4.11. The maximum atomic E-state index is 12.8. The first kappa shape index (κ1) is 22.3. The molecule has 2 aromatic carbocycles. The summed E-state index contributed by atoms with van der Waals surface area (Å²) in [6, 6.07) is 9.09. The van der Waals surface area contributed by atoms with Crippen molar-refractivity contribution in [1.82, 2.24) is 4.31 Å². The molecule has 0 unspecified atom stereocenters. The van der Waals surface area contributed by atoms with Gasteiger partial charge in [-0.05, 0) is 24.3 Å². The Morgan fingerprint density at radius 3 is 2.14 bits per heavy atom. The van der Waals surface area contributed by atoms with Crippen molar-refractivity contribution in [2.45, 2.75) is 4.90 Å². The molecule has 0 saturated heterocycles. The predicted molar refractivity (Wildman–Crippen MR) is 108 cm³/mol. The number of benzene rings is 2. The van der Waals surface area contributed by atoms with Gasteiger partial charge in [-0.25, -0.2) is 8.42 Å². The topological polar surface area (TPSA) is 103 Å². The van der Waals surface area contributed by atoms with Crippen molar-refractivity contribution >= 4 is 21.6 Å². The zero-order chi connectivity index (χ0) is 21.6. The predicted octanol–water partition coefficient (Wildman–Crippen LogP) is 1.98. The van der Waals surface area contributed by atoms with Crippen LogP contribution in [0.4, 0.5) is 5.69 Å². The fourth-order valence-corrected chi connectivity index (χ4v) is 3.68. The van der Waals surface area contributed by atoms with Gasteiger partial charge in [-0.15, -0.1) is 0 Å². The maximum absolute atomic E-state index is 12.8. The van der Waals surface area contributed by atoms with Crippen molar-refractivity contribution in [1.29, 1.82) is 0 Å². The van der Waals surface area contributed by atoms with E-state index >= 15 is 0 Å². The molecular weight excluding hydrogens is 400 g/mol. The molecule has 158 valence electrons. The van der Waals surface area contributed by atoms with Gasteiger partial charge in [0.05, 0.1) is 45.6 Å². The Balaban J connectivity index is 2.16. The summed E-state index contributed by atoms with van der Waals surface area (Å²) in [4.78, 5) is 12.4. The molecule has 0 atom stereocenters. The Morgan fingerprint density at radius 2 is 1.55 bits per heavy atom. The Morgan fingerprint density at radius 1 is 0.897 bits per heavy atom. The minimum Gasteiger partial charge on any atom is -0.497 e. The molecule has 0 radical (unpaired) electrons. The summed E-state index contributed by atoms with van der Waals surface area (Å²) in [5, 5.41) is 2.64. The molecule has 2 aromatic rings. The summed E-state index contributed by atoms with van der Waals surface area (Å²) < 4.78 is 47.1. The number of carbonyl (C=O) groups excluding carboxylic acids is 1. The third-order valence-corrected chi connectivity index (χ3v) is 5.91. The summed E-state index contributed by atoms with van der Waals surface area (Å²) in [6.45, 7) is -0.397. The van der Waals surface area contributed by atoms with Crippen molar-refractivity contribution in [3.8, 4) is 23.0 Å². The fourth-order valence-electron chi connectivity index (χ4n) is 2.54. The van der Waals surface area contributed by atoms with E-state index < -0.39 is 22.5 Å². The van der Waals surface area contributed by atoms with Crippen LogP contribution in [0, 0.1) is 0 Å². The first-order valence-electron chi connectivity index (χ1n) is 8.47. The molecule has 10 heteroatoms. The van der Waals surface area contributed by atoms with E-state index in [0.29, 0.717) is 22.9 Å². The smallest absolute Gasteiger partial charge is 0.243 e. The van der Waals surface area contributed by atoms with Crippen LogP contribution in [0.3, 0.4) is 0 Å². The number of hydrogen-bond donors (Lipinski definition) is 1. The van der Waals surface area contributed by atoms with Crippen LogP contribution in [0.15, 0.2) is 41.3 Å². The second-order valence-corrected chi connectivity index (χ2v) is 7.94. The summed E-state index contributed by atoms with van der Waals surface area (Å²) in [6.07, 6.45) is 0. The number of methoxy groups -OCH3 is 4. The van der Waals surface area contributed by atoms with E-state index in [2.05, 4.69) is 5.32 Å². The highest BCUT2D eigenvalue weighted by atomic mass is 32.2. The van der Waals surface area contributed by atoms with Gasteiger partial charge in [0.1, 0.15) is 11.5 Å². The standard InChI is InChI=1S/C19H24N2O7S/c1-21(29(23,24)14-7-9-16(26-3)18(11-14)28-5)12-19(22)20-15-8-6-13(25-2)10-17(15)27-4/h6-11H,12H2,1-5H3,(H,20,22). The third kappa shape index (κ3) is 5.09. The molecule has 0 heterocycles. The SMILES string of the molecule is COc1ccc(NC(=O)CN(C)S(=O)(=O)c2ccc(OC)c(OC)c2)c(OC)c1. The monoisotopic (exact) mass is 424 g/mol. The van der Waals surface area contributed by atoms with Gasteiger partial charge in [-0.2, -0.15) is 4.31 Å². The Hall–Kier alpha value is -2.98. The van der Waals surface area contributed by atoms with Gasteiger partial charge >= 0.3 is 0 Å². The van der Waals surface area contributed by atoms with Crippen molar-refractivity contribution in [3.05, 3.63) is 36.4 Å². The van der Waals surface area contributed by atoms with Gasteiger partial charge in [0.15, 0.2) is 11.5 Å². The second kappa shape index (κ2) is 9.48. The van der Waals surface area contributed by atoms with Crippen LogP contribution in [-0.2, 0) is 14.8 Å². The number of carbonyl (C=O) groups is 1. The lowest BCUT2D eigenvalue weighted by atomic mass is 10.2. The lowest BCUT2D eigenvalue weighted by Crippen LogP contribution is -2.35. The lowest BCUT2D eigenvalue weighted by molar-refractivity contribution is -0.116. The molecule has 2 rings (SSSR count). The minimum absolute atomic E-state index is 0.0209. The van der Waals surface area contributed by atoms with Gasteiger partial charge in [0.2, 0.25) is 15.9 Å². The quantitative estimate of drug-likeness (QED) is 0.656. The molecule has 29 heavy (non-hydrogen) atoms. The molecule has 1 N–H and O–H groups in total. The molecular formula is C19H24N2O7S. The van der Waals surface area contributed by atoms with Crippen LogP contribution < -0.4 is 24.3 Å². The number of amides is 1. The van der Waals surface area contributed by atoms with E-state index in [1.54, 1.807) is 18.2 Å². The largest absolute Gasteiger partial charge is 0.497 e. The molecule has 0 fully saturated rings. The van der Waals surface area contributed by atoms with E-state index in [1.807, 2.05) is 0 Å². The number of sulfonamides is 1. The van der Waals surface area contributed by atoms with Gasteiger partial charge < -0.3 is 24.3 Å². The summed E-state index contributed by atoms with van der Waals surface area (Å²) in [5.41, 5.74) is 0.398. The molecule has 0 aliphatic heterocycles. The second-order valence-electron chi connectivity index (χ2n) is 5.89. The molecule has 9 nitrogen and oxygen atoms in total. The molecule has 0 saturated carbocycles. The number of likely N-dealkylation sites (N-methyl/N-ethyl adjacent to an activating group) is 1. The molecule has 0 aliphatic rings. The number of ether oxygens (including phenoxy) is 4. The minimum atomic E-state index is -3.92. The van der Waals surface area contributed by atoms with Crippen LogP contribution in [0.5, 0.6) is 23.0 Å². The van der Waals surface area contributed by atoms with Gasteiger partial charge in [-0.1, -0.05) is 0 Å². The number of rotatable bonds is 9. The highest BCUT2D eigenvalue weighted by Gasteiger charge is 2.25. The number of anilines is 1. The molecule has 0 aromatic heterocycles. The molecule has 0 spiro atoms. The molecule has 0 aliphatic carbocycles. The van der Waals surface area contributed by atoms with E-state index in [4.69, 9.17) is 18.9 Å². The van der Waals surface area contributed by atoms with Crippen molar-refractivity contribution in [3.63, 3.8) is 0 Å². The Labute approximate surface area is 170 Å². The zero-order valence-electron chi connectivity index (χ0n) is 16.9. The van der Waals surface area contributed by atoms with Crippen LogP contribution in [-0.4, -0.2) is 60.7 Å². The van der Waals surface area contributed by atoms with Crippen LogP contribution >= 0.6 is 0 Å². The Bertz CT molecular complexity index is 977. The zero-order valence-corrected chi connectivity index (χ0v) is 17.7. The normalized spacial score (nSPS) is 11.1. The fraction of sp³-hybridized carbons (Fsp3) is 0.316. The Kier molecular flexibility index (Phi) is 7.29. The first-order valence-corrected chi connectivity index (χ1v) is 9.91. The van der Waals surface area contributed by atoms with Crippen molar-refractivity contribution in [2.75, 3.05) is 47.3 Å². The van der Waals surface area contributed by atoms with E-state index in [9.17, 15) is 13.2 Å². The van der Waals surface area contributed by atoms with Gasteiger partial charge in [0, 0.05) is 19.2 Å². The molecule has 1 amide bonds. The molecule has 0 bridgehead atoms. The van der Waals surface area contributed by atoms with E-state index in [0.717, 1.165) is 4.31 Å². The highest BCUT2D eigenvalue weighted by molar-refractivity contribution is 7.89. The summed E-state index contributed by atoms with van der Waals surface area (Å²) in [7, 11) is 3.23. The van der Waals surface area contributed by atoms with Crippen molar-refractivity contribution < 1.29 is 32.2 Å². The number of nitrogens with one attached hydrogen (secondary N) is 1. The number of nitrogens with zero attached hydrogens (tertiary/aromatic N) is 1.